The maximum atomic E-state index is 4.66. The molecule has 1 saturated carbocycles. The number of benzene rings is 1. The van der Waals surface area contributed by atoms with Gasteiger partial charge in [-0.25, -0.2) is 9.50 Å². The van der Waals surface area contributed by atoms with Gasteiger partial charge in [-0.3, -0.25) is 0 Å². The molecule has 0 amide bonds. The summed E-state index contributed by atoms with van der Waals surface area (Å²) in [6.07, 6.45) is 4.48. The van der Waals surface area contributed by atoms with Gasteiger partial charge in [0.1, 0.15) is 0 Å². The molecular formula is C13H11N3. The predicted octanol–water partition coefficient (Wildman–Crippen LogP) is 2.76. The largest absolute Gasteiger partial charge is 0.236 e. The van der Waals surface area contributed by atoms with Crippen LogP contribution in [0.2, 0.25) is 0 Å². The summed E-state index contributed by atoms with van der Waals surface area (Å²) < 4.78 is 1.96. The molecule has 0 radical (unpaired) electrons. The molecule has 1 aliphatic carbocycles. The lowest BCUT2D eigenvalue weighted by Gasteiger charge is -1.98. The predicted molar refractivity (Wildman–Crippen MR) is 62.5 cm³/mol. The molecule has 0 aliphatic heterocycles. The average molecular weight is 209 g/mol. The first kappa shape index (κ1) is 8.28. The summed E-state index contributed by atoms with van der Waals surface area (Å²) in [6, 6.07) is 10.3. The molecular weight excluding hydrogens is 198 g/mol. The zero-order valence-corrected chi connectivity index (χ0v) is 8.80. The third kappa shape index (κ3) is 1.08. The Kier molecular flexibility index (Phi) is 1.46. The molecule has 0 saturated heterocycles. The first-order valence-electron chi connectivity index (χ1n) is 5.65. The number of rotatable bonds is 1. The van der Waals surface area contributed by atoms with E-state index in [1.165, 1.54) is 18.5 Å². The van der Waals surface area contributed by atoms with Gasteiger partial charge in [0, 0.05) is 23.6 Å². The van der Waals surface area contributed by atoms with E-state index in [2.05, 4.69) is 28.3 Å². The van der Waals surface area contributed by atoms with Crippen LogP contribution in [0.4, 0.5) is 0 Å². The van der Waals surface area contributed by atoms with Gasteiger partial charge in [-0.2, -0.15) is 5.10 Å². The summed E-state index contributed by atoms with van der Waals surface area (Å²) in [4.78, 5) is 4.44. The number of fused-ring (bicyclic) bond motifs is 3. The number of aromatic nitrogens is 3. The highest BCUT2D eigenvalue weighted by Crippen LogP contribution is 2.39. The normalized spacial score (nSPS) is 16.0. The van der Waals surface area contributed by atoms with Crippen LogP contribution in [-0.2, 0) is 0 Å². The Morgan fingerprint density at radius 2 is 2.06 bits per heavy atom. The van der Waals surface area contributed by atoms with Gasteiger partial charge >= 0.3 is 0 Å². The summed E-state index contributed by atoms with van der Waals surface area (Å²) in [5.41, 5.74) is 3.30. The quantitative estimate of drug-likeness (QED) is 0.617. The van der Waals surface area contributed by atoms with E-state index in [-0.39, 0.29) is 0 Å². The molecule has 0 spiro atoms. The topological polar surface area (TPSA) is 30.2 Å². The molecule has 1 aromatic carbocycles. The second kappa shape index (κ2) is 2.82. The van der Waals surface area contributed by atoms with E-state index < -0.39 is 0 Å². The fourth-order valence-electron chi connectivity index (χ4n) is 2.16. The van der Waals surface area contributed by atoms with Crippen LogP contribution in [0.3, 0.4) is 0 Å². The first-order valence-corrected chi connectivity index (χ1v) is 5.65. The van der Waals surface area contributed by atoms with Gasteiger partial charge in [-0.1, -0.05) is 18.2 Å². The van der Waals surface area contributed by atoms with Gasteiger partial charge in [-0.15, -0.1) is 0 Å². The lowest BCUT2D eigenvalue weighted by atomic mass is 10.2. The zero-order valence-electron chi connectivity index (χ0n) is 8.80. The molecule has 4 rings (SSSR count). The van der Waals surface area contributed by atoms with Crippen molar-refractivity contribution in [3.63, 3.8) is 0 Å². The molecule has 0 unspecified atom stereocenters. The smallest absolute Gasteiger partial charge is 0.155 e. The molecule has 1 fully saturated rings. The Labute approximate surface area is 92.7 Å². The summed E-state index contributed by atoms with van der Waals surface area (Å²) in [6.45, 7) is 0. The van der Waals surface area contributed by atoms with Crippen LogP contribution in [0.15, 0.2) is 36.5 Å². The highest BCUT2D eigenvalue weighted by molar-refractivity contribution is 5.80. The van der Waals surface area contributed by atoms with E-state index in [1.54, 1.807) is 0 Å². The third-order valence-corrected chi connectivity index (χ3v) is 3.21. The zero-order chi connectivity index (χ0) is 10.5. The molecule has 3 heteroatoms. The summed E-state index contributed by atoms with van der Waals surface area (Å²) >= 11 is 0. The highest BCUT2D eigenvalue weighted by atomic mass is 15.3. The molecule has 0 atom stereocenters. The van der Waals surface area contributed by atoms with Crippen molar-refractivity contribution in [2.45, 2.75) is 18.8 Å². The molecule has 78 valence electrons. The maximum Gasteiger partial charge on any atom is 0.155 e. The van der Waals surface area contributed by atoms with Crippen LogP contribution >= 0.6 is 0 Å². The summed E-state index contributed by atoms with van der Waals surface area (Å²) in [5.74, 6) is 0.681. The van der Waals surface area contributed by atoms with E-state index in [9.17, 15) is 0 Å². The second-order valence-electron chi connectivity index (χ2n) is 4.43. The molecule has 0 N–H and O–H groups in total. The van der Waals surface area contributed by atoms with Crippen molar-refractivity contribution in [3.05, 3.63) is 42.2 Å². The van der Waals surface area contributed by atoms with Crippen LogP contribution in [0.5, 0.6) is 0 Å². The molecule has 16 heavy (non-hydrogen) atoms. The van der Waals surface area contributed by atoms with E-state index in [0.29, 0.717) is 5.92 Å². The Hall–Kier alpha value is -1.90. The van der Waals surface area contributed by atoms with Crippen molar-refractivity contribution in [1.29, 1.82) is 0 Å². The van der Waals surface area contributed by atoms with Gasteiger partial charge in [0.05, 0.1) is 11.2 Å². The van der Waals surface area contributed by atoms with E-state index in [1.807, 2.05) is 22.8 Å². The number of hydrogen-bond acceptors (Lipinski definition) is 2. The van der Waals surface area contributed by atoms with Crippen molar-refractivity contribution in [3.8, 4) is 0 Å². The molecule has 3 aromatic rings. The summed E-state index contributed by atoms with van der Waals surface area (Å²) in [5, 5.41) is 5.80. The van der Waals surface area contributed by atoms with Crippen LogP contribution in [-0.4, -0.2) is 14.6 Å². The van der Waals surface area contributed by atoms with E-state index >= 15 is 0 Å². The standard InChI is InChI=1S/C13H11N3/c1-2-4-12-10(3-1)8-14-13-7-11(9-5-6-9)15-16(12)13/h1-4,7-9H,5-6H2. The minimum absolute atomic E-state index is 0.681. The third-order valence-electron chi connectivity index (χ3n) is 3.21. The average Bonchev–Trinajstić information content (AvgIpc) is 3.08. The van der Waals surface area contributed by atoms with Gasteiger partial charge in [0.2, 0.25) is 0 Å². The van der Waals surface area contributed by atoms with Crippen molar-refractivity contribution < 1.29 is 0 Å². The highest BCUT2D eigenvalue weighted by Gasteiger charge is 2.26. The van der Waals surface area contributed by atoms with Crippen molar-refractivity contribution >= 4 is 16.6 Å². The second-order valence-corrected chi connectivity index (χ2v) is 4.43. The molecule has 2 aromatic heterocycles. The first-order chi connectivity index (χ1) is 7.92. The Morgan fingerprint density at radius 1 is 1.19 bits per heavy atom. The number of nitrogens with zero attached hydrogens (tertiary/aromatic N) is 3. The lowest BCUT2D eigenvalue weighted by molar-refractivity contribution is 0.909. The molecule has 0 bridgehead atoms. The van der Waals surface area contributed by atoms with Crippen LogP contribution < -0.4 is 0 Å². The summed E-state index contributed by atoms with van der Waals surface area (Å²) in [7, 11) is 0. The van der Waals surface area contributed by atoms with Gasteiger partial charge in [0.15, 0.2) is 5.65 Å². The SMILES string of the molecule is c1ccc2c(c1)cnc1cc(C3CC3)nn12. The molecule has 1 aliphatic rings. The monoisotopic (exact) mass is 209 g/mol. The van der Waals surface area contributed by atoms with Crippen molar-refractivity contribution in [1.82, 2.24) is 14.6 Å². The van der Waals surface area contributed by atoms with E-state index in [4.69, 9.17) is 0 Å². The van der Waals surface area contributed by atoms with E-state index in [0.717, 1.165) is 16.6 Å². The van der Waals surface area contributed by atoms with Crippen molar-refractivity contribution in [2.75, 3.05) is 0 Å². The van der Waals surface area contributed by atoms with Gasteiger partial charge in [-0.05, 0) is 18.9 Å². The Bertz CT molecular complexity index is 680. The minimum Gasteiger partial charge on any atom is -0.236 e. The fourth-order valence-corrected chi connectivity index (χ4v) is 2.16. The number of hydrogen-bond donors (Lipinski definition) is 0. The van der Waals surface area contributed by atoms with Crippen molar-refractivity contribution in [2.24, 2.45) is 0 Å². The van der Waals surface area contributed by atoms with Crippen LogP contribution in [0.25, 0.3) is 16.6 Å². The van der Waals surface area contributed by atoms with Gasteiger partial charge < -0.3 is 0 Å². The molecule has 3 nitrogen and oxygen atoms in total. The van der Waals surface area contributed by atoms with Crippen LogP contribution in [0, 0.1) is 0 Å². The lowest BCUT2D eigenvalue weighted by Crippen LogP contribution is -1.92. The maximum absolute atomic E-state index is 4.66. The Balaban J connectivity index is 2.11. The Morgan fingerprint density at radius 3 is 2.94 bits per heavy atom. The van der Waals surface area contributed by atoms with Gasteiger partial charge in [0.25, 0.3) is 0 Å². The fraction of sp³-hybridized carbons (Fsp3) is 0.231. The minimum atomic E-state index is 0.681. The molecule has 2 heterocycles. The van der Waals surface area contributed by atoms with Crippen LogP contribution in [0.1, 0.15) is 24.5 Å². The number of para-hydroxylation sites is 1.